The Hall–Kier alpha value is -4.72. The van der Waals surface area contributed by atoms with E-state index in [4.69, 9.17) is 9.47 Å². The van der Waals surface area contributed by atoms with Crippen LogP contribution in [-0.4, -0.2) is 24.2 Å². The van der Waals surface area contributed by atoms with Crippen molar-refractivity contribution in [3.05, 3.63) is 112 Å². The molecular formula is C26H21N3O5. The van der Waals surface area contributed by atoms with Gasteiger partial charge in [-0.05, 0) is 52.7 Å². The normalized spacial score (nSPS) is 10.9. The molecule has 1 amide bonds. The number of amides is 1. The molecule has 0 radical (unpaired) electrons. The Morgan fingerprint density at radius 2 is 1.65 bits per heavy atom. The van der Waals surface area contributed by atoms with Crippen LogP contribution in [0.2, 0.25) is 0 Å². The Morgan fingerprint density at radius 1 is 0.971 bits per heavy atom. The molecule has 8 nitrogen and oxygen atoms in total. The smallest absolute Gasteiger partial charge is 0.275 e. The maximum Gasteiger partial charge on any atom is 0.275 e. The minimum Gasteiger partial charge on any atom is -0.496 e. The molecule has 0 aliphatic carbocycles. The maximum atomic E-state index is 12.7. The number of ether oxygens (including phenoxy) is 2. The van der Waals surface area contributed by atoms with Gasteiger partial charge < -0.3 is 9.47 Å². The van der Waals surface area contributed by atoms with E-state index in [9.17, 15) is 14.9 Å². The third-order valence-electron chi connectivity index (χ3n) is 5.14. The number of para-hydroxylation sites is 1. The molecule has 0 aliphatic heterocycles. The Morgan fingerprint density at radius 3 is 2.35 bits per heavy atom. The maximum absolute atomic E-state index is 12.7. The van der Waals surface area contributed by atoms with Crippen LogP contribution in [0, 0.1) is 10.1 Å². The van der Waals surface area contributed by atoms with Crippen molar-refractivity contribution in [3.63, 3.8) is 0 Å². The molecular weight excluding hydrogens is 434 g/mol. The number of benzene rings is 4. The molecule has 0 fully saturated rings. The number of rotatable bonds is 8. The predicted octanol–water partition coefficient (Wildman–Crippen LogP) is 5.10. The summed E-state index contributed by atoms with van der Waals surface area (Å²) in [7, 11) is 1.52. The van der Waals surface area contributed by atoms with Crippen molar-refractivity contribution in [1.82, 2.24) is 5.43 Å². The van der Waals surface area contributed by atoms with Crippen LogP contribution in [0.15, 0.2) is 90.0 Å². The average Bonchev–Trinajstić information content (AvgIpc) is 2.87. The highest BCUT2D eigenvalue weighted by molar-refractivity contribution is 6.02. The monoisotopic (exact) mass is 455 g/mol. The lowest BCUT2D eigenvalue weighted by atomic mass is 10.1. The van der Waals surface area contributed by atoms with Gasteiger partial charge in [0.05, 0.1) is 23.8 Å². The number of hydrogen-bond donors (Lipinski definition) is 1. The second kappa shape index (κ2) is 10.3. The summed E-state index contributed by atoms with van der Waals surface area (Å²) < 4.78 is 11.2. The van der Waals surface area contributed by atoms with Gasteiger partial charge in [0.2, 0.25) is 0 Å². The summed E-state index contributed by atoms with van der Waals surface area (Å²) in [5.41, 5.74) is 4.38. The van der Waals surface area contributed by atoms with Crippen molar-refractivity contribution >= 4 is 28.6 Å². The summed E-state index contributed by atoms with van der Waals surface area (Å²) in [5, 5.41) is 16.8. The largest absolute Gasteiger partial charge is 0.496 e. The van der Waals surface area contributed by atoms with Gasteiger partial charge in [0.1, 0.15) is 18.1 Å². The molecule has 0 atom stereocenters. The predicted molar refractivity (Wildman–Crippen MR) is 129 cm³/mol. The van der Waals surface area contributed by atoms with Crippen LogP contribution in [0.25, 0.3) is 10.8 Å². The van der Waals surface area contributed by atoms with Crippen LogP contribution in [0.1, 0.15) is 21.5 Å². The highest BCUT2D eigenvalue weighted by Gasteiger charge is 2.13. The average molecular weight is 455 g/mol. The first kappa shape index (κ1) is 22.5. The number of nitro benzene ring substituents is 1. The molecule has 34 heavy (non-hydrogen) atoms. The van der Waals surface area contributed by atoms with Crippen molar-refractivity contribution in [3.8, 4) is 11.5 Å². The summed E-state index contributed by atoms with van der Waals surface area (Å²) in [6, 6.07) is 24.7. The number of hydrogen-bond acceptors (Lipinski definition) is 6. The lowest BCUT2D eigenvalue weighted by molar-refractivity contribution is -0.384. The zero-order chi connectivity index (χ0) is 23.9. The molecule has 0 bridgehead atoms. The first-order chi connectivity index (χ1) is 16.5. The molecule has 0 spiro atoms. The summed E-state index contributed by atoms with van der Waals surface area (Å²) in [5.74, 6) is 0.614. The Kier molecular flexibility index (Phi) is 6.78. The van der Waals surface area contributed by atoms with Gasteiger partial charge in [-0.1, -0.05) is 36.4 Å². The van der Waals surface area contributed by atoms with Gasteiger partial charge in [-0.15, -0.1) is 0 Å². The van der Waals surface area contributed by atoms with E-state index in [1.54, 1.807) is 30.3 Å². The van der Waals surface area contributed by atoms with Gasteiger partial charge in [-0.2, -0.15) is 5.10 Å². The lowest BCUT2D eigenvalue weighted by Gasteiger charge is -2.10. The van der Waals surface area contributed by atoms with Gasteiger partial charge in [-0.25, -0.2) is 5.43 Å². The van der Waals surface area contributed by atoms with Crippen LogP contribution in [0.5, 0.6) is 11.5 Å². The topological polar surface area (TPSA) is 103 Å². The minimum absolute atomic E-state index is 0.0232. The molecule has 0 saturated heterocycles. The molecule has 0 unspecified atom stereocenters. The van der Waals surface area contributed by atoms with Crippen molar-refractivity contribution in [1.29, 1.82) is 0 Å². The molecule has 0 saturated carbocycles. The van der Waals surface area contributed by atoms with E-state index in [-0.39, 0.29) is 12.3 Å². The zero-order valence-electron chi connectivity index (χ0n) is 18.3. The van der Waals surface area contributed by atoms with E-state index in [0.29, 0.717) is 22.6 Å². The van der Waals surface area contributed by atoms with Crippen LogP contribution in [0.4, 0.5) is 5.69 Å². The second-order valence-electron chi connectivity index (χ2n) is 7.35. The van der Waals surface area contributed by atoms with Crippen LogP contribution in [-0.2, 0) is 6.61 Å². The Bertz CT molecular complexity index is 1370. The molecule has 1 N–H and O–H groups in total. The van der Waals surface area contributed by atoms with Crippen molar-refractivity contribution in [2.75, 3.05) is 7.11 Å². The number of carbonyl (C=O) groups excluding carboxylic acids is 1. The van der Waals surface area contributed by atoms with E-state index in [1.165, 1.54) is 25.5 Å². The van der Waals surface area contributed by atoms with Crippen molar-refractivity contribution in [2.45, 2.75) is 6.61 Å². The Balaban J connectivity index is 1.45. The SMILES string of the molecule is COc1cc2ccccc2cc1C(=O)NN=Cc1ccccc1OCc1ccc([N+](=O)[O-])cc1. The molecule has 0 heterocycles. The van der Waals surface area contributed by atoms with Crippen molar-refractivity contribution < 1.29 is 19.2 Å². The summed E-state index contributed by atoms with van der Waals surface area (Å²) in [4.78, 5) is 23.1. The van der Waals surface area contributed by atoms with Gasteiger partial charge in [0.25, 0.3) is 11.6 Å². The number of nitrogens with one attached hydrogen (secondary N) is 1. The van der Waals surface area contributed by atoms with E-state index in [1.807, 2.05) is 42.5 Å². The fourth-order valence-electron chi connectivity index (χ4n) is 3.38. The molecule has 4 aromatic rings. The van der Waals surface area contributed by atoms with Gasteiger partial charge in [0.15, 0.2) is 0 Å². The van der Waals surface area contributed by atoms with Crippen LogP contribution in [0.3, 0.4) is 0 Å². The first-order valence-electron chi connectivity index (χ1n) is 10.4. The second-order valence-corrected chi connectivity index (χ2v) is 7.35. The van der Waals surface area contributed by atoms with E-state index in [0.717, 1.165) is 16.3 Å². The van der Waals surface area contributed by atoms with Crippen molar-refractivity contribution in [2.24, 2.45) is 5.10 Å². The fraction of sp³-hybridized carbons (Fsp3) is 0.0769. The standard InChI is InChI=1S/C26H21N3O5/c1-33-25-15-20-7-3-2-6-19(20)14-23(25)26(30)28-27-16-21-8-4-5-9-24(21)34-17-18-10-12-22(13-11-18)29(31)32/h2-16H,17H2,1H3,(H,28,30). The number of methoxy groups -OCH3 is 1. The highest BCUT2D eigenvalue weighted by atomic mass is 16.6. The number of carbonyl (C=O) groups is 1. The first-order valence-corrected chi connectivity index (χ1v) is 10.4. The number of nitrogens with zero attached hydrogens (tertiary/aromatic N) is 2. The third kappa shape index (κ3) is 5.18. The molecule has 0 aliphatic rings. The van der Waals surface area contributed by atoms with Gasteiger partial charge in [-0.3, -0.25) is 14.9 Å². The highest BCUT2D eigenvalue weighted by Crippen LogP contribution is 2.26. The van der Waals surface area contributed by atoms with Gasteiger partial charge >= 0.3 is 0 Å². The van der Waals surface area contributed by atoms with E-state index < -0.39 is 10.8 Å². The van der Waals surface area contributed by atoms with Crippen LogP contribution < -0.4 is 14.9 Å². The van der Waals surface area contributed by atoms with Crippen LogP contribution >= 0.6 is 0 Å². The molecule has 170 valence electrons. The summed E-state index contributed by atoms with van der Waals surface area (Å²) in [6.07, 6.45) is 1.50. The molecule has 0 aromatic heterocycles. The fourth-order valence-corrected chi connectivity index (χ4v) is 3.38. The number of nitro groups is 1. The summed E-state index contributed by atoms with van der Waals surface area (Å²) >= 11 is 0. The van der Waals surface area contributed by atoms with E-state index >= 15 is 0 Å². The van der Waals surface area contributed by atoms with Gasteiger partial charge in [0, 0.05) is 17.7 Å². The number of fused-ring (bicyclic) bond motifs is 1. The van der Waals surface area contributed by atoms with E-state index in [2.05, 4.69) is 10.5 Å². The quantitative estimate of drug-likeness (QED) is 0.226. The summed E-state index contributed by atoms with van der Waals surface area (Å²) in [6.45, 7) is 0.226. The number of non-ortho nitro benzene ring substituents is 1. The zero-order valence-corrected chi connectivity index (χ0v) is 18.3. The molecule has 8 heteroatoms. The molecule has 4 aromatic carbocycles. The third-order valence-corrected chi connectivity index (χ3v) is 5.14. The Labute approximate surface area is 195 Å². The minimum atomic E-state index is -0.446. The molecule has 4 rings (SSSR count). The lowest BCUT2D eigenvalue weighted by Crippen LogP contribution is -2.18. The number of hydrazone groups is 1.